The van der Waals surface area contributed by atoms with Crippen LogP contribution < -0.4 is 4.74 Å². The lowest BCUT2D eigenvalue weighted by atomic mass is 10.00. The Morgan fingerprint density at radius 2 is 1.52 bits per heavy atom. The third kappa shape index (κ3) is 4.78. The molecule has 0 aliphatic carbocycles. The van der Waals surface area contributed by atoms with Crippen molar-refractivity contribution >= 4 is 6.08 Å². The first kappa shape index (κ1) is 15.4. The van der Waals surface area contributed by atoms with E-state index in [2.05, 4.69) is 70.2 Å². The topological polar surface area (TPSA) is 9.23 Å². The fourth-order valence-corrected chi connectivity index (χ4v) is 2.16. The summed E-state index contributed by atoms with van der Waals surface area (Å²) in [6.07, 6.45) is 4.37. The molecule has 0 amide bonds. The van der Waals surface area contributed by atoms with Gasteiger partial charge in [-0.2, -0.15) is 0 Å². The standard InChI is InChI=1S/C20H24O/c1-16(17-10-6-5-7-11-17)14-15-18-12-8-9-13-19(18)21-20(2,3)4/h5-16H,1-4H3. The molecule has 0 saturated heterocycles. The Morgan fingerprint density at radius 3 is 2.19 bits per heavy atom. The van der Waals surface area contributed by atoms with E-state index in [4.69, 9.17) is 4.74 Å². The smallest absolute Gasteiger partial charge is 0.127 e. The van der Waals surface area contributed by atoms with E-state index >= 15 is 0 Å². The largest absolute Gasteiger partial charge is 0.488 e. The molecular weight excluding hydrogens is 256 g/mol. The van der Waals surface area contributed by atoms with Crippen molar-refractivity contribution in [1.82, 2.24) is 0 Å². The fourth-order valence-electron chi connectivity index (χ4n) is 2.16. The van der Waals surface area contributed by atoms with Gasteiger partial charge in [-0.25, -0.2) is 0 Å². The highest BCUT2D eigenvalue weighted by Gasteiger charge is 2.13. The fraction of sp³-hybridized carbons (Fsp3) is 0.300. The second kappa shape index (κ2) is 6.62. The first-order valence-corrected chi connectivity index (χ1v) is 7.47. The van der Waals surface area contributed by atoms with Gasteiger partial charge in [0.15, 0.2) is 0 Å². The van der Waals surface area contributed by atoms with Crippen molar-refractivity contribution in [3.8, 4) is 5.75 Å². The summed E-state index contributed by atoms with van der Waals surface area (Å²) in [5, 5.41) is 0. The average Bonchev–Trinajstić information content (AvgIpc) is 2.45. The van der Waals surface area contributed by atoms with Gasteiger partial charge >= 0.3 is 0 Å². The minimum Gasteiger partial charge on any atom is -0.488 e. The molecule has 1 unspecified atom stereocenters. The lowest BCUT2D eigenvalue weighted by Gasteiger charge is -2.22. The molecule has 0 radical (unpaired) electrons. The zero-order chi connectivity index (χ0) is 15.3. The minimum absolute atomic E-state index is 0.186. The summed E-state index contributed by atoms with van der Waals surface area (Å²) in [4.78, 5) is 0. The number of ether oxygens (including phenoxy) is 1. The van der Waals surface area contributed by atoms with Crippen LogP contribution in [0.5, 0.6) is 5.75 Å². The molecule has 0 saturated carbocycles. The van der Waals surface area contributed by atoms with E-state index in [-0.39, 0.29) is 5.60 Å². The van der Waals surface area contributed by atoms with Gasteiger partial charge in [-0.15, -0.1) is 0 Å². The second-order valence-corrected chi connectivity index (χ2v) is 6.31. The zero-order valence-electron chi connectivity index (χ0n) is 13.3. The van der Waals surface area contributed by atoms with E-state index in [0.29, 0.717) is 5.92 Å². The van der Waals surface area contributed by atoms with Crippen molar-refractivity contribution in [3.05, 3.63) is 71.8 Å². The van der Waals surface area contributed by atoms with Crippen LogP contribution >= 0.6 is 0 Å². The highest BCUT2D eigenvalue weighted by Crippen LogP contribution is 2.25. The summed E-state index contributed by atoms with van der Waals surface area (Å²) in [5.74, 6) is 1.32. The maximum atomic E-state index is 6.02. The van der Waals surface area contributed by atoms with Crippen LogP contribution in [0.3, 0.4) is 0 Å². The van der Waals surface area contributed by atoms with Gasteiger partial charge in [0, 0.05) is 5.56 Å². The third-order valence-electron chi connectivity index (χ3n) is 3.22. The number of allylic oxidation sites excluding steroid dienone is 1. The summed E-state index contributed by atoms with van der Waals surface area (Å²) < 4.78 is 6.02. The van der Waals surface area contributed by atoms with Gasteiger partial charge in [-0.3, -0.25) is 0 Å². The Kier molecular flexibility index (Phi) is 4.85. The molecule has 0 spiro atoms. The molecule has 2 aromatic carbocycles. The lowest BCUT2D eigenvalue weighted by Crippen LogP contribution is -2.23. The van der Waals surface area contributed by atoms with Crippen LogP contribution in [-0.2, 0) is 0 Å². The Bertz CT molecular complexity index is 591. The van der Waals surface area contributed by atoms with Gasteiger partial charge < -0.3 is 4.74 Å². The Hall–Kier alpha value is -2.02. The molecule has 1 atom stereocenters. The number of rotatable bonds is 4. The van der Waals surface area contributed by atoms with Crippen molar-refractivity contribution in [2.45, 2.75) is 39.2 Å². The zero-order valence-corrected chi connectivity index (χ0v) is 13.3. The molecule has 1 heteroatoms. The van der Waals surface area contributed by atoms with Gasteiger partial charge in [-0.1, -0.05) is 67.6 Å². The molecule has 2 aromatic rings. The van der Waals surface area contributed by atoms with E-state index < -0.39 is 0 Å². The molecule has 0 aromatic heterocycles. The average molecular weight is 280 g/mol. The SMILES string of the molecule is CC(C=Cc1ccccc1OC(C)(C)C)c1ccccc1. The summed E-state index contributed by atoms with van der Waals surface area (Å²) >= 11 is 0. The van der Waals surface area contributed by atoms with E-state index in [0.717, 1.165) is 11.3 Å². The number of para-hydroxylation sites is 1. The van der Waals surface area contributed by atoms with Crippen molar-refractivity contribution in [1.29, 1.82) is 0 Å². The van der Waals surface area contributed by atoms with E-state index in [1.54, 1.807) is 0 Å². The molecule has 0 aliphatic rings. The van der Waals surface area contributed by atoms with Gasteiger partial charge in [0.05, 0.1) is 0 Å². The molecule has 110 valence electrons. The van der Waals surface area contributed by atoms with Crippen LogP contribution in [0.4, 0.5) is 0 Å². The summed E-state index contributed by atoms with van der Waals surface area (Å²) in [5.41, 5.74) is 2.26. The Morgan fingerprint density at radius 1 is 0.905 bits per heavy atom. The minimum atomic E-state index is -0.186. The Balaban J connectivity index is 2.18. The highest BCUT2D eigenvalue weighted by molar-refractivity contribution is 5.58. The quantitative estimate of drug-likeness (QED) is 0.700. The van der Waals surface area contributed by atoms with Gasteiger partial charge in [-0.05, 0) is 38.3 Å². The Labute approximate surface area is 128 Å². The molecule has 21 heavy (non-hydrogen) atoms. The van der Waals surface area contributed by atoms with E-state index in [1.807, 2.05) is 24.3 Å². The van der Waals surface area contributed by atoms with Crippen LogP contribution in [0.2, 0.25) is 0 Å². The van der Waals surface area contributed by atoms with Crippen LogP contribution in [-0.4, -0.2) is 5.60 Å². The monoisotopic (exact) mass is 280 g/mol. The molecule has 1 nitrogen and oxygen atoms in total. The van der Waals surface area contributed by atoms with Crippen molar-refractivity contribution in [3.63, 3.8) is 0 Å². The first-order chi connectivity index (χ1) is 9.96. The van der Waals surface area contributed by atoms with Gasteiger partial charge in [0.25, 0.3) is 0 Å². The second-order valence-electron chi connectivity index (χ2n) is 6.31. The molecular formula is C20H24O. The van der Waals surface area contributed by atoms with Crippen molar-refractivity contribution in [2.75, 3.05) is 0 Å². The molecule has 0 bridgehead atoms. The molecule has 0 heterocycles. The summed E-state index contributed by atoms with van der Waals surface area (Å²) in [6.45, 7) is 8.42. The molecule has 2 rings (SSSR count). The maximum absolute atomic E-state index is 6.02. The summed E-state index contributed by atoms with van der Waals surface area (Å²) in [7, 11) is 0. The van der Waals surface area contributed by atoms with Crippen LogP contribution in [0, 0.1) is 0 Å². The summed E-state index contributed by atoms with van der Waals surface area (Å²) in [6, 6.07) is 18.7. The number of hydrogen-bond donors (Lipinski definition) is 0. The van der Waals surface area contributed by atoms with Crippen molar-refractivity contribution < 1.29 is 4.74 Å². The van der Waals surface area contributed by atoms with Crippen LogP contribution in [0.25, 0.3) is 6.08 Å². The van der Waals surface area contributed by atoms with Gasteiger partial charge in [0.1, 0.15) is 11.4 Å². The van der Waals surface area contributed by atoms with Crippen LogP contribution in [0.15, 0.2) is 60.7 Å². The van der Waals surface area contributed by atoms with Crippen molar-refractivity contribution in [2.24, 2.45) is 0 Å². The normalized spacial score (nSPS) is 13.3. The maximum Gasteiger partial charge on any atom is 0.127 e. The van der Waals surface area contributed by atoms with Gasteiger partial charge in [0.2, 0.25) is 0 Å². The predicted octanol–water partition coefficient (Wildman–Crippen LogP) is 5.68. The van der Waals surface area contributed by atoms with E-state index in [1.165, 1.54) is 5.56 Å². The molecule has 0 N–H and O–H groups in total. The predicted molar refractivity (Wildman–Crippen MR) is 90.7 cm³/mol. The third-order valence-corrected chi connectivity index (χ3v) is 3.22. The first-order valence-electron chi connectivity index (χ1n) is 7.47. The molecule has 0 aliphatic heterocycles. The number of benzene rings is 2. The van der Waals surface area contributed by atoms with Crippen LogP contribution in [0.1, 0.15) is 44.7 Å². The van der Waals surface area contributed by atoms with E-state index in [9.17, 15) is 0 Å². The lowest BCUT2D eigenvalue weighted by molar-refractivity contribution is 0.130. The number of hydrogen-bond acceptors (Lipinski definition) is 1. The highest BCUT2D eigenvalue weighted by atomic mass is 16.5. The molecule has 0 fully saturated rings.